The van der Waals surface area contributed by atoms with E-state index in [1.807, 2.05) is 54.6 Å². The van der Waals surface area contributed by atoms with Crippen LogP contribution in [0.5, 0.6) is 11.5 Å². The Bertz CT molecular complexity index is 1630. The molecule has 1 aromatic heterocycles. The highest BCUT2D eigenvalue weighted by Crippen LogP contribution is 2.43. The lowest BCUT2D eigenvalue weighted by molar-refractivity contribution is -0.0721. The van der Waals surface area contributed by atoms with E-state index in [2.05, 4.69) is 4.98 Å². The van der Waals surface area contributed by atoms with Gasteiger partial charge in [0.25, 0.3) is 11.6 Å². The molecule has 1 N–H and O–H groups in total. The second-order valence-electron chi connectivity index (χ2n) is 9.86. The first-order chi connectivity index (χ1) is 20.3. The molecule has 1 fully saturated rings. The van der Waals surface area contributed by atoms with Crippen molar-refractivity contribution in [1.82, 2.24) is 9.55 Å². The van der Waals surface area contributed by atoms with E-state index in [0.29, 0.717) is 11.5 Å². The van der Waals surface area contributed by atoms with Crippen LogP contribution in [0.2, 0.25) is 0 Å². The minimum atomic E-state index is -1.90. The highest BCUT2D eigenvalue weighted by Gasteiger charge is 2.42. The van der Waals surface area contributed by atoms with E-state index in [1.54, 1.807) is 38.5 Å². The maximum atomic E-state index is 14.2. The first-order valence-electron chi connectivity index (χ1n) is 13.3. The van der Waals surface area contributed by atoms with Crippen LogP contribution in [0, 0.1) is 6.92 Å². The van der Waals surface area contributed by atoms with Gasteiger partial charge in [-0.15, -0.1) is 0 Å². The molecule has 3 aromatic carbocycles. The quantitative estimate of drug-likeness (QED) is 0.272. The molecule has 42 heavy (non-hydrogen) atoms. The van der Waals surface area contributed by atoms with Crippen molar-refractivity contribution in [3.63, 3.8) is 0 Å². The second-order valence-corrected chi connectivity index (χ2v) is 9.86. The van der Waals surface area contributed by atoms with Crippen molar-refractivity contribution in [1.29, 1.82) is 0 Å². The van der Waals surface area contributed by atoms with Gasteiger partial charge in [0.2, 0.25) is 0 Å². The van der Waals surface area contributed by atoms with Crippen LogP contribution in [0.25, 0.3) is 0 Å². The van der Waals surface area contributed by atoms with Crippen LogP contribution < -0.4 is 20.7 Å². The molecule has 0 aliphatic carbocycles. The summed E-state index contributed by atoms with van der Waals surface area (Å²) in [5.74, 6) is 1.28. The number of rotatable bonds is 9. The van der Waals surface area contributed by atoms with Crippen molar-refractivity contribution in [2.24, 2.45) is 0 Å². The fourth-order valence-corrected chi connectivity index (χ4v) is 5.22. The Morgan fingerprint density at radius 1 is 0.905 bits per heavy atom. The topological polar surface area (TPSA) is 91.8 Å². The summed E-state index contributed by atoms with van der Waals surface area (Å²) in [6, 6.07) is 24.1. The number of halogens is 2. The van der Waals surface area contributed by atoms with Gasteiger partial charge >= 0.3 is 5.69 Å². The van der Waals surface area contributed by atoms with Gasteiger partial charge in [0, 0.05) is 23.8 Å². The van der Waals surface area contributed by atoms with Crippen molar-refractivity contribution < 1.29 is 27.7 Å². The predicted octanol–water partition coefficient (Wildman–Crippen LogP) is 5.31. The number of H-pyrrole nitrogens is 1. The number of nitrogens with zero attached hydrogens (tertiary/aromatic N) is 1. The van der Waals surface area contributed by atoms with Gasteiger partial charge in [0.15, 0.2) is 0 Å². The smallest absolute Gasteiger partial charge is 0.330 e. The monoisotopic (exact) mass is 576 g/mol. The van der Waals surface area contributed by atoms with E-state index in [4.69, 9.17) is 18.9 Å². The Hall–Kier alpha value is -4.54. The number of aromatic nitrogens is 2. The Balaban J connectivity index is 1.59. The Kier molecular flexibility index (Phi) is 8.37. The van der Waals surface area contributed by atoms with E-state index in [0.717, 1.165) is 21.3 Å². The predicted molar refractivity (Wildman–Crippen MR) is 152 cm³/mol. The third kappa shape index (κ3) is 5.50. The minimum Gasteiger partial charge on any atom is -0.497 e. The van der Waals surface area contributed by atoms with E-state index in [1.165, 1.54) is 13.1 Å². The number of aromatic amines is 1. The van der Waals surface area contributed by atoms with Crippen molar-refractivity contribution in [2.75, 3.05) is 20.8 Å². The number of nitrogens with one attached hydrogen (secondary N) is 1. The maximum Gasteiger partial charge on any atom is 0.330 e. The van der Waals surface area contributed by atoms with E-state index in [9.17, 15) is 18.4 Å². The number of benzene rings is 3. The maximum absolute atomic E-state index is 14.2. The molecule has 1 aliphatic rings. The first-order valence-corrected chi connectivity index (χ1v) is 13.3. The molecule has 218 valence electrons. The molecule has 0 amide bonds. The molecule has 2 atom stereocenters. The summed E-state index contributed by atoms with van der Waals surface area (Å²) in [6.07, 6.45) is -3.05. The summed E-state index contributed by atoms with van der Waals surface area (Å²) in [4.78, 5) is 26.6. The van der Waals surface area contributed by atoms with Gasteiger partial charge in [-0.05, 0) is 47.9 Å². The Morgan fingerprint density at radius 3 is 1.98 bits per heavy atom. The fourth-order valence-electron chi connectivity index (χ4n) is 5.22. The largest absolute Gasteiger partial charge is 0.497 e. The molecule has 1 aliphatic heterocycles. The van der Waals surface area contributed by atoms with E-state index < -0.39 is 35.3 Å². The number of aryl methyl sites for hydroxylation is 1. The molecule has 0 spiro atoms. The Labute approximate surface area is 240 Å². The molecule has 0 bridgehead atoms. The minimum absolute atomic E-state index is 0.245. The first kappa shape index (κ1) is 29.0. The lowest BCUT2D eigenvalue weighted by Crippen LogP contribution is -2.36. The zero-order valence-corrected chi connectivity index (χ0v) is 23.3. The normalized spacial score (nSPS) is 16.8. The summed E-state index contributed by atoms with van der Waals surface area (Å²) in [6.45, 7) is 1.25. The molecule has 0 radical (unpaired) electrons. The lowest BCUT2D eigenvalue weighted by atomic mass is 9.80. The third-order valence-electron chi connectivity index (χ3n) is 7.43. The zero-order chi connectivity index (χ0) is 29.9. The highest BCUT2D eigenvalue weighted by atomic mass is 19.3. The highest BCUT2D eigenvalue weighted by molar-refractivity contribution is 5.49. The number of methoxy groups -OCH3 is 2. The SMILES string of the molecule is COc1ccc(C(OC[C@H]2O[C@@H](n3cc(C)c(=O)[nH]c3=O)CC2=C(F)F)(c2ccccc2)c2ccc(OC)cc2)cc1. The molecule has 5 rings (SSSR count). The summed E-state index contributed by atoms with van der Waals surface area (Å²) < 4.78 is 53.1. The number of hydrogen-bond donors (Lipinski definition) is 1. The summed E-state index contributed by atoms with van der Waals surface area (Å²) in [5, 5.41) is 0. The van der Waals surface area contributed by atoms with Crippen molar-refractivity contribution in [3.8, 4) is 11.5 Å². The van der Waals surface area contributed by atoms with Crippen LogP contribution in [0.3, 0.4) is 0 Å². The van der Waals surface area contributed by atoms with Gasteiger partial charge in [0.1, 0.15) is 29.4 Å². The lowest BCUT2D eigenvalue weighted by Gasteiger charge is -2.37. The van der Waals surface area contributed by atoms with Crippen molar-refractivity contribution in [2.45, 2.75) is 31.3 Å². The van der Waals surface area contributed by atoms with Crippen LogP contribution >= 0.6 is 0 Å². The van der Waals surface area contributed by atoms with Crippen molar-refractivity contribution in [3.05, 3.63) is 140 Å². The molecule has 2 heterocycles. The summed E-state index contributed by atoms with van der Waals surface area (Å²) >= 11 is 0. The Morgan fingerprint density at radius 2 is 1.45 bits per heavy atom. The number of hydrogen-bond acceptors (Lipinski definition) is 6. The molecule has 8 nitrogen and oxygen atoms in total. The fraction of sp³-hybridized carbons (Fsp3) is 0.250. The molecule has 0 unspecified atom stereocenters. The van der Waals surface area contributed by atoms with Crippen LogP contribution in [0.4, 0.5) is 8.78 Å². The van der Waals surface area contributed by atoms with Crippen LogP contribution in [-0.2, 0) is 15.1 Å². The average molecular weight is 577 g/mol. The summed E-state index contributed by atoms with van der Waals surface area (Å²) in [7, 11) is 3.14. The van der Waals surface area contributed by atoms with Gasteiger partial charge in [0.05, 0.1) is 20.8 Å². The van der Waals surface area contributed by atoms with Gasteiger partial charge in [-0.2, -0.15) is 8.78 Å². The van der Waals surface area contributed by atoms with Crippen LogP contribution in [0.1, 0.15) is 34.9 Å². The van der Waals surface area contributed by atoms with E-state index in [-0.39, 0.29) is 24.2 Å². The number of ether oxygens (including phenoxy) is 4. The second kappa shape index (κ2) is 12.1. The third-order valence-corrected chi connectivity index (χ3v) is 7.43. The van der Waals surface area contributed by atoms with Gasteiger partial charge in [-0.3, -0.25) is 14.3 Å². The van der Waals surface area contributed by atoms with Gasteiger partial charge in [-0.25, -0.2) is 4.79 Å². The molecule has 1 saturated heterocycles. The standard InChI is InChI=1S/C32H30F2N2O6/c1-20-18-36(31(38)35-30(20)37)28-17-26(29(33)34)27(42-28)19-41-32(21-7-5-4-6-8-21,22-9-13-24(39-2)14-10-22)23-11-15-25(40-3)16-12-23/h4-16,18,27-28H,17,19H2,1-3H3,(H,35,37,38)/t27-,28-/m1/s1. The van der Waals surface area contributed by atoms with E-state index >= 15 is 0 Å². The van der Waals surface area contributed by atoms with Crippen LogP contribution in [0.15, 0.2) is 106 Å². The zero-order valence-electron chi connectivity index (χ0n) is 23.3. The molecular weight excluding hydrogens is 546 g/mol. The summed E-state index contributed by atoms with van der Waals surface area (Å²) in [5.41, 5.74) is -0.341. The molecular formula is C32H30F2N2O6. The van der Waals surface area contributed by atoms with Gasteiger partial charge < -0.3 is 18.9 Å². The molecule has 4 aromatic rings. The van der Waals surface area contributed by atoms with Gasteiger partial charge in [-0.1, -0.05) is 54.6 Å². The molecule has 0 saturated carbocycles. The molecule has 10 heteroatoms. The van der Waals surface area contributed by atoms with Crippen LogP contribution in [-0.4, -0.2) is 36.5 Å². The average Bonchev–Trinajstić information content (AvgIpc) is 3.45. The van der Waals surface area contributed by atoms with Crippen molar-refractivity contribution >= 4 is 0 Å².